The van der Waals surface area contributed by atoms with E-state index in [9.17, 15) is 5.11 Å². The Morgan fingerprint density at radius 3 is 2.61 bits per heavy atom. The summed E-state index contributed by atoms with van der Waals surface area (Å²) in [5, 5.41) is 10.9. The molecule has 0 saturated carbocycles. The summed E-state index contributed by atoms with van der Waals surface area (Å²) in [4.78, 5) is 7.96. The fraction of sp³-hybridized carbons (Fsp3) is 0.500. The first-order valence-corrected chi connectivity index (χ1v) is 8.98. The van der Waals surface area contributed by atoms with E-state index < -0.39 is 5.60 Å². The molecular formula is C18H24N2O2S. The van der Waals surface area contributed by atoms with Gasteiger partial charge < -0.3 is 9.84 Å². The Bertz CT molecular complexity index is 608. The molecule has 0 amide bonds. The standard InChI is InChI=1S/C18H24N2O2S/c1-15-17(23-14-19-15)12-20(11-16-5-3-2-4-6-16)13-18(21)7-9-22-10-8-18/h2-6,14,21H,7-13H2,1H3. The lowest BCUT2D eigenvalue weighted by atomic mass is 9.93. The van der Waals surface area contributed by atoms with Gasteiger partial charge in [-0.3, -0.25) is 4.90 Å². The Kier molecular flexibility index (Phi) is 5.43. The Balaban J connectivity index is 1.73. The third-order valence-electron chi connectivity index (χ3n) is 4.40. The van der Waals surface area contributed by atoms with Crippen molar-refractivity contribution in [3.8, 4) is 0 Å². The summed E-state index contributed by atoms with van der Waals surface area (Å²) < 4.78 is 5.40. The number of hydrogen-bond acceptors (Lipinski definition) is 5. The quantitative estimate of drug-likeness (QED) is 0.883. The van der Waals surface area contributed by atoms with E-state index >= 15 is 0 Å². The van der Waals surface area contributed by atoms with Crippen molar-refractivity contribution in [3.63, 3.8) is 0 Å². The number of aliphatic hydroxyl groups is 1. The summed E-state index contributed by atoms with van der Waals surface area (Å²) in [5.41, 5.74) is 3.61. The highest BCUT2D eigenvalue weighted by atomic mass is 32.1. The first kappa shape index (κ1) is 16.6. The average Bonchev–Trinajstić information content (AvgIpc) is 2.94. The van der Waals surface area contributed by atoms with Crippen LogP contribution in [0.5, 0.6) is 0 Å². The van der Waals surface area contributed by atoms with Gasteiger partial charge in [-0.2, -0.15) is 0 Å². The highest BCUT2D eigenvalue weighted by Gasteiger charge is 2.32. The maximum Gasteiger partial charge on any atom is 0.0818 e. The lowest BCUT2D eigenvalue weighted by molar-refractivity contribution is -0.0820. The van der Waals surface area contributed by atoms with Gasteiger partial charge in [-0.15, -0.1) is 11.3 Å². The number of aromatic nitrogens is 1. The van der Waals surface area contributed by atoms with Crippen LogP contribution in [-0.4, -0.2) is 40.3 Å². The number of benzene rings is 1. The predicted molar refractivity (Wildman–Crippen MR) is 92.4 cm³/mol. The van der Waals surface area contributed by atoms with Gasteiger partial charge in [0, 0.05) is 50.6 Å². The van der Waals surface area contributed by atoms with E-state index in [1.54, 1.807) is 11.3 Å². The van der Waals surface area contributed by atoms with Gasteiger partial charge in [0.05, 0.1) is 16.8 Å². The average molecular weight is 332 g/mol. The van der Waals surface area contributed by atoms with Crippen LogP contribution in [0.2, 0.25) is 0 Å². The molecule has 1 aliphatic heterocycles. The molecule has 124 valence electrons. The lowest BCUT2D eigenvalue weighted by Gasteiger charge is -2.37. The molecule has 0 radical (unpaired) electrons. The zero-order valence-corrected chi connectivity index (χ0v) is 14.4. The van der Waals surface area contributed by atoms with Crippen LogP contribution in [0.4, 0.5) is 0 Å². The van der Waals surface area contributed by atoms with Crippen LogP contribution in [-0.2, 0) is 17.8 Å². The second-order valence-electron chi connectivity index (χ2n) is 6.33. The molecule has 4 nitrogen and oxygen atoms in total. The molecule has 3 rings (SSSR count). The summed E-state index contributed by atoms with van der Waals surface area (Å²) in [6, 6.07) is 10.4. The van der Waals surface area contributed by atoms with E-state index in [0.717, 1.165) is 18.8 Å². The van der Waals surface area contributed by atoms with Crippen molar-refractivity contribution in [1.82, 2.24) is 9.88 Å². The molecule has 2 heterocycles. The van der Waals surface area contributed by atoms with E-state index in [-0.39, 0.29) is 0 Å². The first-order chi connectivity index (χ1) is 11.1. The third-order valence-corrected chi connectivity index (χ3v) is 5.32. The van der Waals surface area contributed by atoms with Crippen LogP contribution in [0.25, 0.3) is 0 Å². The minimum Gasteiger partial charge on any atom is -0.388 e. The molecule has 1 aromatic carbocycles. The number of ether oxygens (including phenoxy) is 1. The molecule has 0 aliphatic carbocycles. The minimum absolute atomic E-state index is 0.647. The number of aryl methyl sites for hydroxylation is 1. The van der Waals surface area contributed by atoms with Gasteiger partial charge in [0.2, 0.25) is 0 Å². The molecule has 1 fully saturated rings. The van der Waals surface area contributed by atoms with Gasteiger partial charge >= 0.3 is 0 Å². The Morgan fingerprint density at radius 1 is 1.22 bits per heavy atom. The largest absolute Gasteiger partial charge is 0.388 e. The van der Waals surface area contributed by atoms with Crippen molar-refractivity contribution in [2.24, 2.45) is 0 Å². The maximum atomic E-state index is 10.9. The van der Waals surface area contributed by atoms with Crippen LogP contribution < -0.4 is 0 Å². The van der Waals surface area contributed by atoms with E-state index in [1.165, 1.54) is 10.4 Å². The predicted octanol–water partition coefficient (Wildman–Crippen LogP) is 3.00. The molecule has 1 aromatic heterocycles. The molecule has 23 heavy (non-hydrogen) atoms. The molecular weight excluding hydrogens is 308 g/mol. The highest BCUT2D eigenvalue weighted by Crippen LogP contribution is 2.25. The van der Waals surface area contributed by atoms with Gasteiger partial charge in [-0.1, -0.05) is 30.3 Å². The van der Waals surface area contributed by atoms with Crippen molar-refractivity contribution in [1.29, 1.82) is 0 Å². The molecule has 5 heteroatoms. The Hall–Kier alpha value is -1.27. The van der Waals surface area contributed by atoms with E-state index in [2.05, 4.69) is 41.1 Å². The summed E-state index contributed by atoms with van der Waals surface area (Å²) in [5.74, 6) is 0. The number of hydrogen-bond donors (Lipinski definition) is 1. The van der Waals surface area contributed by atoms with Crippen molar-refractivity contribution < 1.29 is 9.84 Å². The Morgan fingerprint density at radius 2 is 1.96 bits per heavy atom. The number of thiazole rings is 1. The van der Waals surface area contributed by atoms with Gasteiger partial charge in [0.15, 0.2) is 0 Å². The van der Waals surface area contributed by atoms with E-state index in [1.807, 2.05) is 11.6 Å². The normalized spacial score (nSPS) is 17.5. The molecule has 1 aliphatic rings. The second-order valence-corrected chi connectivity index (χ2v) is 7.27. The molecule has 0 bridgehead atoms. The second kappa shape index (κ2) is 7.53. The molecule has 1 saturated heterocycles. The van der Waals surface area contributed by atoms with Gasteiger partial charge in [0.1, 0.15) is 0 Å². The van der Waals surface area contributed by atoms with Crippen LogP contribution in [0.3, 0.4) is 0 Å². The SMILES string of the molecule is Cc1ncsc1CN(Cc1ccccc1)CC1(O)CCOCC1. The maximum absolute atomic E-state index is 10.9. The number of nitrogens with zero attached hydrogens (tertiary/aromatic N) is 2. The van der Waals surface area contributed by atoms with E-state index in [0.29, 0.717) is 32.6 Å². The van der Waals surface area contributed by atoms with Crippen molar-refractivity contribution in [3.05, 3.63) is 52.0 Å². The van der Waals surface area contributed by atoms with Crippen LogP contribution >= 0.6 is 11.3 Å². The molecule has 0 atom stereocenters. The Labute approximate surface area is 141 Å². The molecule has 0 unspecified atom stereocenters. The number of rotatable bonds is 6. The summed E-state index contributed by atoms with van der Waals surface area (Å²) in [6.07, 6.45) is 1.42. The summed E-state index contributed by atoms with van der Waals surface area (Å²) >= 11 is 1.69. The molecule has 0 spiro atoms. The highest BCUT2D eigenvalue weighted by molar-refractivity contribution is 7.09. The van der Waals surface area contributed by atoms with Gasteiger partial charge in [-0.05, 0) is 12.5 Å². The first-order valence-electron chi connectivity index (χ1n) is 8.10. The van der Waals surface area contributed by atoms with Crippen molar-refractivity contribution >= 4 is 11.3 Å². The van der Waals surface area contributed by atoms with Crippen LogP contribution in [0.1, 0.15) is 29.0 Å². The monoisotopic (exact) mass is 332 g/mol. The van der Waals surface area contributed by atoms with Gasteiger partial charge in [0.25, 0.3) is 0 Å². The summed E-state index contributed by atoms with van der Waals surface area (Å²) in [6.45, 7) is 5.68. The van der Waals surface area contributed by atoms with Gasteiger partial charge in [-0.25, -0.2) is 4.98 Å². The zero-order chi connectivity index (χ0) is 16.1. The molecule has 2 aromatic rings. The lowest BCUT2D eigenvalue weighted by Crippen LogP contribution is -2.46. The fourth-order valence-electron chi connectivity index (χ4n) is 3.02. The van der Waals surface area contributed by atoms with Crippen molar-refractivity contribution in [2.75, 3.05) is 19.8 Å². The topological polar surface area (TPSA) is 45.6 Å². The van der Waals surface area contributed by atoms with Crippen LogP contribution in [0, 0.1) is 6.92 Å². The third kappa shape index (κ3) is 4.61. The minimum atomic E-state index is -0.647. The van der Waals surface area contributed by atoms with Crippen molar-refractivity contribution in [2.45, 2.75) is 38.5 Å². The smallest absolute Gasteiger partial charge is 0.0818 e. The summed E-state index contributed by atoms with van der Waals surface area (Å²) in [7, 11) is 0. The zero-order valence-electron chi connectivity index (χ0n) is 13.6. The van der Waals surface area contributed by atoms with Crippen LogP contribution in [0.15, 0.2) is 35.8 Å². The van der Waals surface area contributed by atoms with E-state index in [4.69, 9.17) is 4.74 Å². The fourth-order valence-corrected chi connectivity index (χ4v) is 3.83. The molecule has 1 N–H and O–H groups in total.